The zero-order valence-corrected chi connectivity index (χ0v) is 14.8. The molecule has 0 atom stereocenters. The Labute approximate surface area is 143 Å². The number of anilines is 1. The number of hydrogen-bond acceptors (Lipinski definition) is 4. The van der Waals surface area contributed by atoms with Gasteiger partial charge in [-0.25, -0.2) is 13.1 Å². The number of aryl methyl sites for hydroxylation is 1. The fourth-order valence-corrected chi connectivity index (χ4v) is 4.30. The monoisotopic (exact) mass is 346 g/mol. The summed E-state index contributed by atoms with van der Waals surface area (Å²) in [5.41, 5.74) is 3.40. The molecule has 0 amide bonds. The topological polar surface area (TPSA) is 58.6 Å². The summed E-state index contributed by atoms with van der Waals surface area (Å²) in [6, 6.07) is 13.4. The highest BCUT2D eigenvalue weighted by atomic mass is 32.2. The summed E-state index contributed by atoms with van der Waals surface area (Å²) in [6.07, 6.45) is 1.01. The lowest BCUT2D eigenvalue weighted by atomic mass is 10.2. The molecule has 0 saturated heterocycles. The minimum Gasteiger partial charge on any atom is -0.495 e. The third kappa shape index (κ3) is 3.39. The number of para-hydroxylation sites is 1. The quantitative estimate of drug-likeness (QED) is 0.872. The number of rotatable bonds is 6. The van der Waals surface area contributed by atoms with Gasteiger partial charge in [0.2, 0.25) is 10.0 Å². The van der Waals surface area contributed by atoms with Crippen LogP contribution < -0.4 is 14.4 Å². The van der Waals surface area contributed by atoms with Gasteiger partial charge < -0.3 is 9.64 Å². The van der Waals surface area contributed by atoms with Crippen LogP contribution in [0.4, 0.5) is 5.69 Å². The number of nitrogens with zero attached hydrogens (tertiary/aromatic N) is 1. The average molecular weight is 346 g/mol. The van der Waals surface area contributed by atoms with Crippen LogP contribution in [-0.2, 0) is 16.4 Å². The Morgan fingerprint density at radius 2 is 2.00 bits per heavy atom. The molecule has 0 unspecified atom stereocenters. The lowest BCUT2D eigenvalue weighted by Crippen LogP contribution is -2.34. The van der Waals surface area contributed by atoms with Gasteiger partial charge in [0, 0.05) is 25.3 Å². The van der Waals surface area contributed by atoms with E-state index in [1.54, 1.807) is 12.1 Å². The third-order valence-electron chi connectivity index (χ3n) is 4.27. The fraction of sp³-hybridized carbons (Fsp3) is 0.333. The van der Waals surface area contributed by atoms with Gasteiger partial charge in [-0.05, 0) is 42.7 Å². The van der Waals surface area contributed by atoms with Gasteiger partial charge in [-0.2, -0.15) is 0 Å². The van der Waals surface area contributed by atoms with Crippen molar-refractivity contribution >= 4 is 15.7 Å². The molecular weight excluding hydrogens is 324 g/mol. The Hall–Kier alpha value is -2.05. The molecule has 24 heavy (non-hydrogen) atoms. The molecule has 2 aromatic rings. The Morgan fingerprint density at radius 1 is 1.21 bits per heavy atom. The van der Waals surface area contributed by atoms with Crippen molar-refractivity contribution in [1.29, 1.82) is 0 Å². The van der Waals surface area contributed by atoms with Crippen molar-refractivity contribution in [3.05, 3.63) is 53.6 Å². The summed E-state index contributed by atoms with van der Waals surface area (Å²) >= 11 is 0. The number of methoxy groups -OCH3 is 1. The maximum Gasteiger partial charge on any atom is 0.244 e. The normalized spacial score (nSPS) is 13.8. The van der Waals surface area contributed by atoms with E-state index < -0.39 is 10.0 Å². The highest BCUT2D eigenvalue weighted by molar-refractivity contribution is 7.89. The molecule has 0 aliphatic carbocycles. The van der Waals surface area contributed by atoms with E-state index in [0.29, 0.717) is 18.8 Å². The largest absolute Gasteiger partial charge is 0.495 e. The molecule has 1 N–H and O–H groups in total. The first-order chi connectivity index (χ1) is 11.5. The Morgan fingerprint density at radius 3 is 2.79 bits per heavy atom. The van der Waals surface area contributed by atoms with Gasteiger partial charge in [-0.15, -0.1) is 0 Å². The molecule has 0 aromatic heterocycles. The van der Waals surface area contributed by atoms with Crippen molar-refractivity contribution in [2.45, 2.75) is 18.2 Å². The SMILES string of the molecule is COc1ccc(C)cc1S(=O)(=O)NCCN1CCc2ccccc21. The van der Waals surface area contributed by atoms with E-state index in [2.05, 4.69) is 21.8 Å². The molecule has 0 spiro atoms. The molecule has 128 valence electrons. The van der Waals surface area contributed by atoms with E-state index >= 15 is 0 Å². The van der Waals surface area contributed by atoms with Gasteiger partial charge in [0.1, 0.15) is 10.6 Å². The lowest BCUT2D eigenvalue weighted by molar-refractivity contribution is 0.402. The summed E-state index contributed by atoms with van der Waals surface area (Å²) in [4.78, 5) is 2.40. The van der Waals surface area contributed by atoms with Crippen LogP contribution in [0.25, 0.3) is 0 Å². The van der Waals surface area contributed by atoms with Crippen molar-refractivity contribution in [2.75, 3.05) is 31.6 Å². The smallest absolute Gasteiger partial charge is 0.244 e. The zero-order valence-electron chi connectivity index (χ0n) is 14.0. The number of hydrogen-bond donors (Lipinski definition) is 1. The van der Waals surface area contributed by atoms with Crippen LogP contribution in [0, 0.1) is 6.92 Å². The molecule has 0 radical (unpaired) electrons. The first-order valence-corrected chi connectivity index (χ1v) is 9.47. The van der Waals surface area contributed by atoms with Crippen molar-refractivity contribution < 1.29 is 13.2 Å². The summed E-state index contributed by atoms with van der Waals surface area (Å²) in [6.45, 7) is 3.78. The Balaban J connectivity index is 1.68. The first-order valence-electron chi connectivity index (χ1n) is 7.98. The Kier molecular flexibility index (Phi) is 4.78. The van der Waals surface area contributed by atoms with Crippen LogP contribution in [-0.4, -0.2) is 35.2 Å². The number of sulfonamides is 1. The second-order valence-electron chi connectivity index (χ2n) is 5.92. The average Bonchev–Trinajstić information content (AvgIpc) is 2.98. The zero-order chi connectivity index (χ0) is 17.2. The summed E-state index contributed by atoms with van der Waals surface area (Å²) < 4.78 is 33.0. The molecule has 2 aromatic carbocycles. The van der Waals surface area contributed by atoms with Crippen molar-refractivity contribution in [3.63, 3.8) is 0 Å². The van der Waals surface area contributed by atoms with Gasteiger partial charge in [0.05, 0.1) is 7.11 Å². The second kappa shape index (κ2) is 6.83. The maximum atomic E-state index is 12.6. The maximum absolute atomic E-state index is 12.6. The highest BCUT2D eigenvalue weighted by Gasteiger charge is 2.21. The third-order valence-corrected chi connectivity index (χ3v) is 5.75. The van der Waals surface area contributed by atoms with E-state index in [4.69, 9.17) is 4.74 Å². The molecule has 0 fully saturated rings. The molecule has 3 rings (SSSR count). The van der Waals surface area contributed by atoms with Crippen molar-refractivity contribution in [1.82, 2.24) is 4.72 Å². The van der Waals surface area contributed by atoms with Crippen LogP contribution in [0.3, 0.4) is 0 Å². The minimum atomic E-state index is -3.60. The molecule has 1 heterocycles. The fourth-order valence-electron chi connectivity index (χ4n) is 3.03. The molecule has 1 aliphatic rings. The number of benzene rings is 2. The van der Waals surface area contributed by atoms with E-state index in [1.807, 2.05) is 25.1 Å². The Bertz CT molecular complexity index is 834. The molecule has 6 heteroatoms. The highest BCUT2D eigenvalue weighted by Crippen LogP contribution is 2.27. The molecule has 0 saturated carbocycles. The number of fused-ring (bicyclic) bond motifs is 1. The van der Waals surface area contributed by atoms with Crippen LogP contribution in [0.2, 0.25) is 0 Å². The first kappa shape index (κ1) is 16.8. The van der Waals surface area contributed by atoms with Gasteiger partial charge in [-0.1, -0.05) is 24.3 Å². The van der Waals surface area contributed by atoms with Gasteiger partial charge in [0.25, 0.3) is 0 Å². The predicted molar refractivity (Wildman–Crippen MR) is 95.3 cm³/mol. The van der Waals surface area contributed by atoms with Crippen molar-refractivity contribution in [2.24, 2.45) is 0 Å². The molecule has 0 bridgehead atoms. The van der Waals surface area contributed by atoms with Gasteiger partial charge >= 0.3 is 0 Å². The van der Waals surface area contributed by atoms with Crippen LogP contribution >= 0.6 is 0 Å². The molecular formula is C18H22N2O3S. The van der Waals surface area contributed by atoms with E-state index in [9.17, 15) is 8.42 Å². The standard InChI is InChI=1S/C18H22N2O3S/c1-14-7-8-17(23-2)18(13-14)24(21,22)19-10-12-20-11-9-15-5-3-4-6-16(15)20/h3-8,13,19H,9-12H2,1-2H3. The van der Waals surface area contributed by atoms with Crippen LogP contribution in [0.5, 0.6) is 5.75 Å². The van der Waals surface area contributed by atoms with E-state index in [1.165, 1.54) is 18.4 Å². The van der Waals surface area contributed by atoms with E-state index in [-0.39, 0.29) is 4.90 Å². The molecule has 5 nitrogen and oxygen atoms in total. The summed E-state index contributed by atoms with van der Waals surface area (Å²) in [5, 5.41) is 0. The summed E-state index contributed by atoms with van der Waals surface area (Å²) in [7, 11) is -2.12. The number of ether oxygens (including phenoxy) is 1. The molecule has 1 aliphatic heterocycles. The van der Waals surface area contributed by atoms with Crippen molar-refractivity contribution in [3.8, 4) is 5.75 Å². The number of nitrogens with one attached hydrogen (secondary N) is 1. The second-order valence-corrected chi connectivity index (χ2v) is 7.65. The lowest BCUT2D eigenvalue weighted by Gasteiger charge is -2.20. The van der Waals surface area contributed by atoms with Gasteiger partial charge in [0.15, 0.2) is 0 Å². The predicted octanol–water partition coefficient (Wildman–Crippen LogP) is 2.34. The summed E-state index contributed by atoms with van der Waals surface area (Å²) in [5.74, 6) is 0.361. The van der Waals surface area contributed by atoms with Gasteiger partial charge in [-0.3, -0.25) is 0 Å². The van der Waals surface area contributed by atoms with Crippen LogP contribution in [0.1, 0.15) is 11.1 Å². The van der Waals surface area contributed by atoms with E-state index in [0.717, 1.165) is 18.5 Å². The minimum absolute atomic E-state index is 0.187. The van der Waals surface area contributed by atoms with Crippen LogP contribution in [0.15, 0.2) is 47.4 Å².